The molecular weight excluding hydrogens is 510 g/mol. The van der Waals surface area contributed by atoms with Gasteiger partial charge in [-0.05, 0) is 48.6 Å². The fourth-order valence-electron chi connectivity index (χ4n) is 3.70. The fraction of sp³-hybridized carbons (Fsp3) is 0.148. The van der Waals surface area contributed by atoms with E-state index in [0.717, 1.165) is 5.39 Å². The van der Waals surface area contributed by atoms with Crippen LogP contribution in [-0.2, 0) is 0 Å². The standard InChI is InChI=1S/C27H25N3O7S/c1-33-20-14-17(9-10-18(20)29-26(32)23-11-15-7-5-6-8-19(15)37-23)28-27(38)30-25(31)16-12-21(34-2)24(36-4)22(13-16)35-3/h5-14H,1-4H3,(H,29,32)(H2,28,30,31,38). The number of ether oxygens (including phenoxy) is 4. The molecule has 4 aromatic rings. The highest BCUT2D eigenvalue weighted by molar-refractivity contribution is 7.80. The molecule has 0 fully saturated rings. The van der Waals surface area contributed by atoms with E-state index in [0.29, 0.717) is 40.0 Å². The van der Waals surface area contributed by atoms with Crippen molar-refractivity contribution in [1.82, 2.24) is 5.32 Å². The van der Waals surface area contributed by atoms with Crippen LogP contribution in [0.1, 0.15) is 20.9 Å². The first-order valence-corrected chi connectivity index (χ1v) is 11.7. The zero-order chi connectivity index (χ0) is 27.2. The van der Waals surface area contributed by atoms with Crippen molar-refractivity contribution in [3.05, 3.63) is 72.0 Å². The second-order valence-corrected chi connectivity index (χ2v) is 8.25. The van der Waals surface area contributed by atoms with E-state index in [4.69, 9.17) is 35.6 Å². The molecule has 3 aromatic carbocycles. The van der Waals surface area contributed by atoms with Crippen molar-refractivity contribution >= 4 is 51.5 Å². The number of thiocarbonyl (C=S) groups is 1. The number of nitrogens with one attached hydrogen (secondary N) is 3. The molecule has 0 saturated carbocycles. The predicted molar refractivity (Wildman–Crippen MR) is 147 cm³/mol. The van der Waals surface area contributed by atoms with Crippen LogP contribution < -0.4 is 34.9 Å². The van der Waals surface area contributed by atoms with E-state index in [1.165, 1.54) is 40.6 Å². The lowest BCUT2D eigenvalue weighted by Gasteiger charge is -2.15. The van der Waals surface area contributed by atoms with Crippen molar-refractivity contribution in [2.45, 2.75) is 0 Å². The quantitative estimate of drug-likeness (QED) is 0.272. The number of rotatable bonds is 8. The maximum Gasteiger partial charge on any atom is 0.291 e. The van der Waals surface area contributed by atoms with Gasteiger partial charge in [0.05, 0.1) is 34.1 Å². The number of amides is 2. The van der Waals surface area contributed by atoms with Crippen LogP contribution in [0.2, 0.25) is 0 Å². The van der Waals surface area contributed by atoms with E-state index < -0.39 is 11.8 Å². The van der Waals surface area contributed by atoms with E-state index >= 15 is 0 Å². The summed E-state index contributed by atoms with van der Waals surface area (Å²) in [6, 6.07) is 17.0. The van der Waals surface area contributed by atoms with Gasteiger partial charge >= 0.3 is 0 Å². The van der Waals surface area contributed by atoms with Crippen LogP contribution in [0.3, 0.4) is 0 Å². The number of hydrogen-bond acceptors (Lipinski definition) is 8. The highest BCUT2D eigenvalue weighted by Crippen LogP contribution is 2.38. The topological polar surface area (TPSA) is 120 Å². The highest BCUT2D eigenvalue weighted by Gasteiger charge is 2.18. The molecule has 196 valence electrons. The van der Waals surface area contributed by atoms with Gasteiger partial charge in [-0.2, -0.15) is 0 Å². The SMILES string of the molecule is COc1cc(NC(=S)NC(=O)c2cc(OC)c(OC)c(OC)c2)ccc1NC(=O)c1cc2ccccc2o1. The summed E-state index contributed by atoms with van der Waals surface area (Å²) in [4.78, 5) is 25.5. The molecule has 0 aliphatic carbocycles. The van der Waals surface area contributed by atoms with Gasteiger partial charge in [0.1, 0.15) is 11.3 Å². The van der Waals surface area contributed by atoms with Crippen molar-refractivity contribution in [2.24, 2.45) is 0 Å². The number of fused-ring (bicyclic) bond motifs is 1. The summed E-state index contributed by atoms with van der Waals surface area (Å²) in [6.07, 6.45) is 0. The summed E-state index contributed by atoms with van der Waals surface area (Å²) in [5.74, 6) is 0.676. The summed E-state index contributed by atoms with van der Waals surface area (Å²) < 4.78 is 26.9. The maximum absolute atomic E-state index is 12.8. The van der Waals surface area contributed by atoms with Crippen molar-refractivity contribution in [1.29, 1.82) is 0 Å². The van der Waals surface area contributed by atoms with E-state index in [9.17, 15) is 9.59 Å². The lowest BCUT2D eigenvalue weighted by atomic mass is 10.1. The first-order chi connectivity index (χ1) is 18.4. The summed E-state index contributed by atoms with van der Waals surface area (Å²) >= 11 is 5.31. The smallest absolute Gasteiger partial charge is 0.291 e. The van der Waals surface area contributed by atoms with E-state index in [-0.39, 0.29) is 16.4 Å². The van der Waals surface area contributed by atoms with Gasteiger partial charge in [0, 0.05) is 22.7 Å². The third-order valence-corrected chi connectivity index (χ3v) is 5.72. The van der Waals surface area contributed by atoms with E-state index in [1.54, 1.807) is 30.3 Å². The molecule has 4 rings (SSSR count). The van der Waals surface area contributed by atoms with Crippen LogP contribution in [0.4, 0.5) is 11.4 Å². The van der Waals surface area contributed by atoms with E-state index in [2.05, 4.69) is 16.0 Å². The van der Waals surface area contributed by atoms with Gasteiger partial charge in [0.15, 0.2) is 22.4 Å². The van der Waals surface area contributed by atoms with Gasteiger partial charge < -0.3 is 34.0 Å². The maximum atomic E-state index is 12.8. The van der Waals surface area contributed by atoms with Crippen molar-refractivity contribution in [3.8, 4) is 23.0 Å². The molecule has 0 aliphatic heterocycles. The largest absolute Gasteiger partial charge is 0.494 e. The summed E-state index contributed by atoms with van der Waals surface area (Å²) in [5, 5.41) is 9.19. The van der Waals surface area contributed by atoms with Gasteiger partial charge in [0.2, 0.25) is 5.75 Å². The summed E-state index contributed by atoms with van der Waals surface area (Å²) in [7, 11) is 5.87. The van der Waals surface area contributed by atoms with Crippen molar-refractivity contribution in [2.75, 3.05) is 39.1 Å². The Bertz CT molecular complexity index is 1460. The fourth-order valence-corrected chi connectivity index (χ4v) is 3.91. The molecular formula is C27H25N3O7S. The highest BCUT2D eigenvalue weighted by atomic mass is 32.1. The molecule has 0 radical (unpaired) electrons. The molecule has 0 aliphatic rings. The van der Waals surface area contributed by atoms with Gasteiger partial charge in [0.25, 0.3) is 11.8 Å². The molecule has 0 bridgehead atoms. The number of furan rings is 1. The minimum Gasteiger partial charge on any atom is -0.494 e. The monoisotopic (exact) mass is 535 g/mol. The minimum atomic E-state index is -0.483. The molecule has 1 aromatic heterocycles. The average molecular weight is 536 g/mol. The Morgan fingerprint density at radius 3 is 2.08 bits per heavy atom. The lowest BCUT2D eigenvalue weighted by Crippen LogP contribution is -2.34. The number of para-hydroxylation sites is 1. The predicted octanol–water partition coefficient (Wildman–Crippen LogP) is 4.85. The zero-order valence-corrected chi connectivity index (χ0v) is 21.9. The number of carbonyl (C=O) groups is 2. The molecule has 0 saturated heterocycles. The summed E-state index contributed by atoms with van der Waals surface area (Å²) in [6.45, 7) is 0. The lowest BCUT2D eigenvalue weighted by molar-refractivity contribution is 0.0974. The normalized spacial score (nSPS) is 10.4. The molecule has 38 heavy (non-hydrogen) atoms. The van der Waals surface area contributed by atoms with Gasteiger partial charge in [-0.25, -0.2) is 0 Å². The molecule has 0 unspecified atom stereocenters. The Balaban J connectivity index is 1.44. The van der Waals surface area contributed by atoms with Crippen LogP contribution in [0.5, 0.6) is 23.0 Å². The van der Waals surface area contributed by atoms with Crippen LogP contribution in [0, 0.1) is 0 Å². The number of hydrogen-bond donors (Lipinski definition) is 3. The van der Waals surface area contributed by atoms with Crippen LogP contribution >= 0.6 is 12.2 Å². The molecule has 11 heteroatoms. The minimum absolute atomic E-state index is 0.0462. The van der Waals surface area contributed by atoms with Gasteiger partial charge in [-0.15, -0.1) is 0 Å². The Kier molecular flexibility index (Phi) is 7.97. The van der Waals surface area contributed by atoms with Crippen LogP contribution in [0.25, 0.3) is 11.0 Å². The van der Waals surface area contributed by atoms with Crippen molar-refractivity contribution in [3.63, 3.8) is 0 Å². The molecule has 3 N–H and O–H groups in total. The molecule has 10 nitrogen and oxygen atoms in total. The first-order valence-electron chi connectivity index (χ1n) is 11.3. The van der Waals surface area contributed by atoms with Crippen LogP contribution in [-0.4, -0.2) is 45.4 Å². The second-order valence-electron chi connectivity index (χ2n) is 7.84. The Labute approximate surface area is 223 Å². The third kappa shape index (κ3) is 5.62. The van der Waals surface area contributed by atoms with Crippen LogP contribution in [0.15, 0.2) is 65.1 Å². The molecule has 0 spiro atoms. The Hall–Kier alpha value is -4.77. The van der Waals surface area contributed by atoms with Gasteiger partial charge in [-0.3, -0.25) is 14.9 Å². The number of methoxy groups -OCH3 is 4. The van der Waals surface area contributed by atoms with Gasteiger partial charge in [-0.1, -0.05) is 18.2 Å². The number of benzene rings is 3. The zero-order valence-electron chi connectivity index (χ0n) is 21.0. The average Bonchev–Trinajstić information content (AvgIpc) is 3.37. The van der Waals surface area contributed by atoms with E-state index in [1.807, 2.05) is 18.2 Å². The second kappa shape index (κ2) is 11.5. The molecule has 2 amide bonds. The Morgan fingerprint density at radius 2 is 1.45 bits per heavy atom. The third-order valence-electron chi connectivity index (χ3n) is 5.51. The molecule has 0 atom stereocenters. The number of anilines is 2. The number of carbonyl (C=O) groups excluding carboxylic acids is 2. The van der Waals surface area contributed by atoms with Crippen molar-refractivity contribution < 1.29 is 33.0 Å². The first kappa shape index (κ1) is 26.3. The summed E-state index contributed by atoms with van der Waals surface area (Å²) in [5.41, 5.74) is 1.82. The molecule has 1 heterocycles. The Morgan fingerprint density at radius 1 is 0.763 bits per heavy atom.